The van der Waals surface area contributed by atoms with E-state index in [0.29, 0.717) is 0 Å². The van der Waals surface area contributed by atoms with Crippen molar-refractivity contribution >= 4 is 16.8 Å². The maximum absolute atomic E-state index is 14.3. The van der Waals surface area contributed by atoms with Gasteiger partial charge < -0.3 is 14.2 Å². The number of rotatable bonds is 3. The van der Waals surface area contributed by atoms with Crippen LogP contribution in [0.5, 0.6) is 5.75 Å². The number of hydrogen-bond donors (Lipinski definition) is 0. The highest BCUT2D eigenvalue weighted by Gasteiger charge is 2.34. The minimum atomic E-state index is -1.16. The summed E-state index contributed by atoms with van der Waals surface area (Å²) in [6.45, 7) is 3.96. The molecule has 2 aromatic rings. The predicted octanol–water partition coefficient (Wildman–Crippen LogP) is 4.03. The van der Waals surface area contributed by atoms with Crippen LogP contribution in [0.2, 0.25) is 0 Å². The molecule has 0 radical (unpaired) electrons. The molecule has 1 aromatic carbocycles. The van der Waals surface area contributed by atoms with Gasteiger partial charge in [0.25, 0.3) is 5.91 Å². The van der Waals surface area contributed by atoms with Gasteiger partial charge in [-0.05, 0) is 52.0 Å². The summed E-state index contributed by atoms with van der Waals surface area (Å²) in [6, 6.07) is 0.985. The third-order valence-corrected chi connectivity index (χ3v) is 5.97. The SMILES string of the molecule is COc1c(F)c(F)cc2c(=O)c(C(=O)N3[C@H](C)CCC[C@H]3C)cn(C3CC3)c12. The molecule has 1 aromatic heterocycles. The van der Waals surface area contributed by atoms with E-state index in [4.69, 9.17) is 4.74 Å². The number of carbonyl (C=O) groups excluding carboxylic acids is 1. The Bertz CT molecular complexity index is 1000. The molecule has 28 heavy (non-hydrogen) atoms. The van der Waals surface area contributed by atoms with Crippen LogP contribution in [0.15, 0.2) is 17.1 Å². The van der Waals surface area contributed by atoms with Gasteiger partial charge in [-0.3, -0.25) is 9.59 Å². The lowest BCUT2D eigenvalue weighted by atomic mass is 9.96. The fraction of sp³-hybridized carbons (Fsp3) is 0.524. The molecular weight excluding hydrogens is 366 g/mol. The van der Waals surface area contributed by atoms with Crippen molar-refractivity contribution in [1.82, 2.24) is 9.47 Å². The smallest absolute Gasteiger partial charge is 0.259 e. The van der Waals surface area contributed by atoms with E-state index in [1.54, 1.807) is 9.47 Å². The quantitative estimate of drug-likeness (QED) is 0.795. The second kappa shape index (κ2) is 6.87. The van der Waals surface area contributed by atoms with E-state index >= 15 is 0 Å². The van der Waals surface area contributed by atoms with Gasteiger partial charge >= 0.3 is 0 Å². The number of likely N-dealkylation sites (tertiary alicyclic amines) is 1. The van der Waals surface area contributed by atoms with Crippen LogP contribution in [0.25, 0.3) is 10.9 Å². The Kier molecular flexibility index (Phi) is 4.63. The van der Waals surface area contributed by atoms with E-state index in [1.165, 1.54) is 13.3 Å². The third-order valence-electron chi connectivity index (χ3n) is 5.97. The zero-order valence-electron chi connectivity index (χ0n) is 16.3. The van der Waals surface area contributed by atoms with E-state index in [9.17, 15) is 18.4 Å². The van der Waals surface area contributed by atoms with Crippen LogP contribution in [0.4, 0.5) is 8.78 Å². The molecule has 7 heteroatoms. The van der Waals surface area contributed by atoms with E-state index in [0.717, 1.165) is 38.2 Å². The summed E-state index contributed by atoms with van der Waals surface area (Å²) in [4.78, 5) is 28.2. The number of ether oxygens (including phenoxy) is 1. The maximum Gasteiger partial charge on any atom is 0.259 e. The third kappa shape index (κ3) is 2.88. The minimum Gasteiger partial charge on any atom is -0.491 e. The molecule has 0 bridgehead atoms. The number of halogens is 2. The zero-order valence-corrected chi connectivity index (χ0v) is 16.3. The summed E-state index contributed by atoms with van der Waals surface area (Å²) in [6.07, 6.45) is 6.02. The van der Waals surface area contributed by atoms with Crippen LogP contribution in [0.3, 0.4) is 0 Å². The number of amides is 1. The maximum atomic E-state index is 14.3. The molecule has 2 fully saturated rings. The van der Waals surface area contributed by atoms with Gasteiger partial charge in [-0.25, -0.2) is 4.39 Å². The number of pyridine rings is 1. The predicted molar refractivity (Wildman–Crippen MR) is 102 cm³/mol. The fourth-order valence-corrected chi connectivity index (χ4v) is 4.37. The molecule has 2 atom stereocenters. The lowest BCUT2D eigenvalue weighted by molar-refractivity contribution is 0.0509. The standard InChI is InChI=1S/C21H24F2N2O3/c1-11-5-4-6-12(2)25(11)21(27)15-10-24(13-7-8-13)18-14(19(15)26)9-16(22)17(23)20(18)28-3/h9-13H,4-8H2,1-3H3/t11-,12-/m1/s1. The summed E-state index contributed by atoms with van der Waals surface area (Å²) in [5.41, 5.74) is -0.364. The van der Waals surface area contributed by atoms with Crippen LogP contribution in [0.1, 0.15) is 62.4 Å². The molecule has 0 unspecified atom stereocenters. The van der Waals surface area contributed by atoms with Crippen molar-refractivity contribution in [3.63, 3.8) is 0 Å². The van der Waals surface area contributed by atoms with Gasteiger partial charge in [-0.15, -0.1) is 0 Å². The molecule has 1 aliphatic heterocycles. The first-order valence-electron chi connectivity index (χ1n) is 9.78. The van der Waals surface area contributed by atoms with Crippen molar-refractivity contribution in [3.8, 4) is 5.75 Å². The molecule has 0 spiro atoms. The second-order valence-corrected chi connectivity index (χ2v) is 7.95. The Morgan fingerprint density at radius 2 is 1.79 bits per heavy atom. The Labute approximate surface area is 161 Å². The van der Waals surface area contributed by atoms with Gasteiger partial charge in [0.05, 0.1) is 18.0 Å². The Hall–Kier alpha value is -2.44. The molecule has 1 saturated carbocycles. The Morgan fingerprint density at radius 1 is 1.14 bits per heavy atom. The van der Waals surface area contributed by atoms with Crippen LogP contribution >= 0.6 is 0 Å². The molecular formula is C21H24F2N2O3. The topological polar surface area (TPSA) is 51.5 Å². The first-order chi connectivity index (χ1) is 13.3. The molecule has 2 aliphatic rings. The number of fused-ring (bicyclic) bond motifs is 1. The summed E-state index contributed by atoms with van der Waals surface area (Å²) in [7, 11) is 1.25. The summed E-state index contributed by atoms with van der Waals surface area (Å²) in [5.74, 6) is -2.92. The van der Waals surface area contributed by atoms with Crippen molar-refractivity contribution in [1.29, 1.82) is 0 Å². The highest BCUT2D eigenvalue weighted by Crippen LogP contribution is 2.40. The molecule has 2 heterocycles. The normalized spacial score (nSPS) is 22.5. The number of piperidine rings is 1. The first-order valence-corrected chi connectivity index (χ1v) is 9.78. The second-order valence-electron chi connectivity index (χ2n) is 7.95. The first kappa shape index (κ1) is 18.9. The highest BCUT2D eigenvalue weighted by molar-refractivity contribution is 5.98. The average Bonchev–Trinajstić information content (AvgIpc) is 3.48. The Morgan fingerprint density at radius 3 is 2.36 bits per heavy atom. The van der Waals surface area contributed by atoms with Crippen LogP contribution in [-0.4, -0.2) is 34.6 Å². The Balaban J connectivity index is 1.96. The molecule has 1 saturated heterocycles. The summed E-state index contributed by atoms with van der Waals surface area (Å²) < 4.78 is 35.2. The molecule has 0 N–H and O–H groups in total. The molecule has 1 amide bonds. The van der Waals surface area contributed by atoms with Crippen LogP contribution in [0, 0.1) is 11.6 Å². The van der Waals surface area contributed by atoms with Crippen LogP contribution < -0.4 is 10.2 Å². The summed E-state index contributed by atoms with van der Waals surface area (Å²) in [5, 5.41) is -0.0224. The fourth-order valence-electron chi connectivity index (χ4n) is 4.37. The number of methoxy groups -OCH3 is 1. The number of hydrogen-bond acceptors (Lipinski definition) is 3. The van der Waals surface area contributed by atoms with E-state index in [-0.39, 0.29) is 46.2 Å². The molecule has 150 valence electrons. The number of carbonyl (C=O) groups is 1. The van der Waals surface area contributed by atoms with Crippen molar-refractivity contribution in [2.75, 3.05) is 7.11 Å². The van der Waals surface area contributed by atoms with Crippen molar-refractivity contribution in [2.45, 2.75) is 64.1 Å². The molecule has 4 rings (SSSR count). The van der Waals surface area contributed by atoms with Gasteiger partial charge in [-0.2, -0.15) is 4.39 Å². The van der Waals surface area contributed by atoms with Crippen molar-refractivity contribution in [3.05, 3.63) is 39.7 Å². The van der Waals surface area contributed by atoms with E-state index in [1.807, 2.05) is 13.8 Å². The van der Waals surface area contributed by atoms with Gasteiger partial charge in [-0.1, -0.05) is 0 Å². The van der Waals surface area contributed by atoms with Crippen molar-refractivity contribution in [2.24, 2.45) is 0 Å². The minimum absolute atomic E-state index is 0.00746. The monoisotopic (exact) mass is 390 g/mol. The largest absolute Gasteiger partial charge is 0.491 e. The van der Waals surface area contributed by atoms with Gasteiger partial charge in [0.1, 0.15) is 5.56 Å². The number of nitrogens with zero attached hydrogens (tertiary/aromatic N) is 2. The van der Waals surface area contributed by atoms with Gasteiger partial charge in [0.15, 0.2) is 11.6 Å². The van der Waals surface area contributed by atoms with Crippen LogP contribution in [-0.2, 0) is 0 Å². The highest BCUT2D eigenvalue weighted by atomic mass is 19.2. The molecule has 5 nitrogen and oxygen atoms in total. The van der Waals surface area contributed by atoms with E-state index < -0.39 is 17.1 Å². The number of benzene rings is 1. The molecule has 1 aliphatic carbocycles. The van der Waals surface area contributed by atoms with Crippen molar-refractivity contribution < 1.29 is 18.3 Å². The van der Waals surface area contributed by atoms with E-state index in [2.05, 4.69) is 0 Å². The average molecular weight is 390 g/mol. The van der Waals surface area contributed by atoms with Gasteiger partial charge in [0.2, 0.25) is 11.2 Å². The lowest BCUT2D eigenvalue weighted by Gasteiger charge is -2.39. The zero-order chi connectivity index (χ0) is 20.2. The lowest BCUT2D eigenvalue weighted by Crippen LogP contribution is -2.48. The number of aromatic nitrogens is 1. The van der Waals surface area contributed by atoms with Gasteiger partial charge in [0, 0.05) is 24.3 Å². The summed E-state index contributed by atoms with van der Waals surface area (Å²) >= 11 is 0.